The number of benzene rings is 2. The number of carbonyl (C=O) groups is 1. The second-order valence-corrected chi connectivity index (χ2v) is 6.33. The van der Waals surface area contributed by atoms with Gasteiger partial charge in [0, 0.05) is 24.0 Å². The quantitative estimate of drug-likeness (QED) is 0.697. The number of para-hydroxylation sites is 1. The van der Waals surface area contributed by atoms with Crippen LogP contribution in [0, 0.1) is 0 Å². The van der Waals surface area contributed by atoms with Crippen molar-refractivity contribution in [3.05, 3.63) is 83.8 Å². The first-order valence-electron chi connectivity index (χ1n) is 8.48. The van der Waals surface area contributed by atoms with Crippen LogP contribution in [0.3, 0.4) is 0 Å². The van der Waals surface area contributed by atoms with Crippen molar-refractivity contribution in [3.8, 4) is 0 Å². The number of carbonyl (C=O) groups excluding carboxylic acids is 1. The highest BCUT2D eigenvalue weighted by Gasteiger charge is 2.23. The average molecular weight is 334 g/mol. The number of hydrogen-bond acceptors (Lipinski definition) is 1. The van der Waals surface area contributed by atoms with Crippen molar-refractivity contribution in [2.45, 2.75) is 13.0 Å². The minimum Gasteiger partial charge on any atom is -0.332 e. The molecule has 0 aliphatic carbocycles. The van der Waals surface area contributed by atoms with Gasteiger partial charge in [-0.15, -0.1) is 0 Å². The summed E-state index contributed by atoms with van der Waals surface area (Å²) in [5.41, 5.74) is 2.75. The zero-order valence-corrected chi connectivity index (χ0v) is 13.9. The smallest absolute Gasteiger partial charge is 0.270 e. The lowest BCUT2D eigenvalue weighted by Gasteiger charge is -2.25. The molecular formula is C21H19FN2O. The Kier molecular flexibility index (Phi) is 4.10. The third-order valence-electron chi connectivity index (χ3n) is 4.61. The normalized spacial score (nSPS) is 14.6. The summed E-state index contributed by atoms with van der Waals surface area (Å²) in [5, 5.41) is 1.02. The van der Waals surface area contributed by atoms with E-state index >= 15 is 0 Å². The fourth-order valence-corrected chi connectivity index (χ4v) is 3.36. The van der Waals surface area contributed by atoms with Gasteiger partial charge in [0.2, 0.25) is 0 Å². The van der Waals surface area contributed by atoms with Gasteiger partial charge >= 0.3 is 0 Å². The van der Waals surface area contributed by atoms with E-state index in [1.807, 2.05) is 65.2 Å². The van der Waals surface area contributed by atoms with Crippen LogP contribution in [0.1, 0.15) is 22.5 Å². The van der Waals surface area contributed by atoms with Crippen LogP contribution in [-0.4, -0.2) is 28.5 Å². The summed E-state index contributed by atoms with van der Waals surface area (Å²) in [4.78, 5) is 14.6. The van der Waals surface area contributed by atoms with Crippen LogP contribution < -0.4 is 0 Å². The number of amides is 1. The Hall–Kier alpha value is -2.88. The summed E-state index contributed by atoms with van der Waals surface area (Å²) in [6.07, 6.45) is 2.12. The molecule has 2 aromatic carbocycles. The molecule has 1 aliphatic rings. The summed E-state index contributed by atoms with van der Waals surface area (Å²) in [6.45, 7) is 1.23. The minimum absolute atomic E-state index is 0.0612. The van der Waals surface area contributed by atoms with E-state index in [0.29, 0.717) is 25.2 Å². The Labute approximate surface area is 146 Å². The topological polar surface area (TPSA) is 25.2 Å². The van der Waals surface area contributed by atoms with E-state index in [2.05, 4.69) is 0 Å². The van der Waals surface area contributed by atoms with Crippen molar-refractivity contribution in [3.63, 3.8) is 0 Å². The molecule has 0 saturated heterocycles. The second kappa shape index (κ2) is 6.55. The Balaban J connectivity index is 1.76. The van der Waals surface area contributed by atoms with Gasteiger partial charge in [-0.05, 0) is 30.2 Å². The van der Waals surface area contributed by atoms with E-state index in [1.165, 1.54) is 0 Å². The Morgan fingerprint density at radius 2 is 1.80 bits per heavy atom. The summed E-state index contributed by atoms with van der Waals surface area (Å²) in [7, 11) is 0. The number of hydrogen-bond donors (Lipinski definition) is 0. The molecule has 3 nitrogen and oxygen atoms in total. The van der Waals surface area contributed by atoms with Crippen LogP contribution in [0.2, 0.25) is 0 Å². The maximum absolute atomic E-state index is 13.6. The molecule has 2 heterocycles. The minimum atomic E-state index is -0.231. The van der Waals surface area contributed by atoms with Gasteiger partial charge in [-0.25, -0.2) is 4.39 Å². The standard InChI is InChI=1S/C21H19FN2O/c22-18-10-6-12-23(15-18)21(25)20-13-17-9-4-5-11-19(17)24(20)14-16-7-2-1-3-8-16/h1-5,7-11,13H,6,12,14-15H2. The lowest BCUT2D eigenvalue weighted by molar-refractivity contribution is 0.0745. The zero-order valence-electron chi connectivity index (χ0n) is 13.9. The monoisotopic (exact) mass is 334 g/mol. The number of aromatic nitrogens is 1. The summed E-state index contributed by atoms with van der Waals surface area (Å²) in [5.74, 6) is -0.347. The molecule has 126 valence electrons. The molecule has 0 N–H and O–H groups in total. The molecule has 1 aromatic heterocycles. The maximum Gasteiger partial charge on any atom is 0.270 e. The number of rotatable bonds is 3. The van der Waals surface area contributed by atoms with Crippen LogP contribution in [0.4, 0.5) is 4.39 Å². The molecule has 0 radical (unpaired) electrons. The lowest BCUT2D eigenvalue weighted by Crippen LogP contribution is -2.36. The van der Waals surface area contributed by atoms with Gasteiger partial charge in [0.25, 0.3) is 5.91 Å². The van der Waals surface area contributed by atoms with Crippen molar-refractivity contribution in [2.24, 2.45) is 0 Å². The van der Waals surface area contributed by atoms with E-state index in [-0.39, 0.29) is 18.3 Å². The number of fused-ring (bicyclic) bond motifs is 1. The Morgan fingerprint density at radius 1 is 1.04 bits per heavy atom. The zero-order chi connectivity index (χ0) is 17.2. The first-order valence-corrected chi connectivity index (χ1v) is 8.48. The van der Waals surface area contributed by atoms with Crippen LogP contribution in [-0.2, 0) is 6.54 Å². The molecule has 3 aromatic rings. The third-order valence-corrected chi connectivity index (χ3v) is 4.61. The van der Waals surface area contributed by atoms with Crippen molar-refractivity contribution in [2.75, 3.05) is 13.1 Å². The largest absolute Gasteiger partial charge is 0.332 e. The Morgan fingerprint density at radius 3 is 2.60 bits per heavy atom. The highest BCUT2D eigenvalue weighted by molar-refractivity contribution is 5.99. The molecule has 0 spiro atoms. The number of halogens is 1. The fraction of sp³-hybridized carbons (Fsp3) is 0.190. The average Bonchev–Trinajstić information content (AvgIpc) is 3.01. The molecule has 1 aliphatic heterocycles. The van der Waals surface area contributed by atoms with Crippen LogP contribution >= 0.6 is 0 Å². The summed E-state index contributed by atoms with van der Waals surface area (Å²) in [6, 6.07) is 19.9. The van der Waals surface area contributed by atoms with E-state index in [1.54, 1.807) is 11.0 Å². The first-order chi connectivity index (χ1) is 12.2. The van der Waals surface area contributed by atoms with Crippen molar-refractivity contribution < 1.29 is 9.18 Å². The summed E-state index contributed by atoms with van der Waals surface area (Å²) < 4.78 is 15.7. The SMILES string of the molecule is O=C(c1cc2ccccc2n1Cc1ccccc1)N1CCC=C(F)C1. The highest BCUT2D eigenvalue weighted by atomic mass is 19.1. The van der Waals surface area contributed by atoms with E-state index in [0.717, 1.165) is 16.5 Å². The van der Waals surface area contributed by atoms with Gasteiger partial charge in [-0.2, -0.15) is 0 Å². The predicted octanol–water partition coefficient (Wildman–Crippen LogP) is 4.39. The van der Waals surface area contributed by atoms with Gasteiger partial charge in [0.05, 0.1) is 6.54 Å². The van der Waals surface area contributed by atoms with Gasteiger partial charge < -0.3 is 9.47 Å². The van der Waals surface area contributed by atoms with E-state index in [9.17, 15) is 9.18 Å². The van der Waals surface area contributed by atoms with Crippen LogP contribution in [0.15, 0.2) is 72.6 Å². The van der Waals surface area contributed by atoms with Gasteiger partial charge in [0.15, 0.2) is 0 Å². The summed E-state index contributed by atoms with van der Waals surface area (Å²) >= 11 is 0. The van der Waals surface area contributed by atoms with E-state index < -0.39 is 0 Å². The second-order valence-electron chi connectivity index (χ2n) is 6.33. The highest BCUT2D eigenvalue weighted by Crippen LogP contribution is 2.24. The molecule has 0 atom stereocenters. The van der Waals surface area contributed by atoms with Crippen molar-refractivity contribution in [1.29, 1.82) is 0 Å². The Bertz CT molecular complexity index is 943. The predicted molar refractivity (Wildman–Crippen MR) is 97.2 cm³/mol. The molecule has 4 heteroatoms. The lowest BCUT2D eigenvalue weighted by atomic mass is 10.2. The van der Waals surface area contributed by atoms with Crippen LogP contribution in [0.5, 0.6) is 0 Å². The molecule has 25 heavy (non-hydrogen) atoms. The molecule has 4 rings (SSSR count). The fourth-order valence-electron chi connectivity index (χ4n) is 3.36. The molecule has 0 saturated carbocycles. The van der Waals surface area contributed by atoms with Crippen molar-refractivity contribution >= 4 is 16.8 Å². The van der Waals surface area contributed by atoms with Crippen molar-refractivity contribution in [1.82, 2.24) is 9.47 Å². The maximum atomic E-state index is 13.6. The molecular weight excluding hydrogens is 315 g/mol. The molecule has 1 amide bonds. The van der Waals surface area contributed by atoms with Gasteiger partial charge in [-0.3, -0.25) is 4.79 Å². The van der Waals surface area contributed by atoms with Gasteiger partial charge in [-0.1, -0.05) is 48.5 Å². The van der Waals surface area contributed by atoms with E-state index in [4.69, 9.17) is 0 Å². The first kappa shape index (κ1) is 15.6. The number of nitrogens with zero attached hydrogens (tertiary/aromatic N) is 2. The molecule has 0 unspecified atom stereocenters. The molecule has 0 fully saturated rings. The third kappa shape index (κ3) is 3.07. The van der Waals surface area contributed by atoms with Gasteiger partial charge in [0.1, 0.15) is 11.5 Å². The molecule has 0 bridgehead atoms. The van der Waals surface area contributed by atoms with Crippen LogP contribution in [0.25, 0.3) is 10.9 Å².